The Labute approximate surface area is 98.3 Å². The van der Waals surface area contributed by atoms with Crippen molar-refractivity contribution in [1.29, 1.82) is 0 Å². The SMILES string of the molecule is Cc1cnc(N)nc1OCc1ccccc1F. The second-order valence-electron chi connectivity index (χ2n) is 3.60. The number of nitrogens with two attached hydrogens (primary N) is 1. The molecule has 0 fully saturated rings. The average molecular weight is 233 g/mol. The van der Waals surface area contributed by atoms with Crippen LogP contribution in [0.15, 0.2) is 30.5 Å². The molecule has 88 valence electrons. The fourth-order valence-corrected chi connectivity index (χ4v) is 1.35. The molecular weight excluding hydrogens is 221 g/mol. The van der Waals surface area contributed by atoms with Crippen LogP contribution in [-0.2, 0) is 6.61 Å². The zero-order valence-corrected chi connectivity index (χ0v) is 9.35. The highest BCUT2D eigenvalue weighted by Crippen LogP contribution is 2.16. The second kappa shape index (κ2) is 4.78. The van der Waals surface area contributed by atoms with Gasteiger partial charge < -0.3 is 10.5 Å². The van der Waals surface area contributed by atoms with E-state index in [-0.39, 0.29) is 18.4 Å². The molecule has 0 spiro atoms. The van der Waals surface area contributed by atoms with Gasteiger partial charge in [-0.25, -0.2) is 9.37 Å². The lowest BCUT2D eigenvalue weighted by molar-refractivity contribution is 0.286. The average Bonchev–Trinajstić information content (AvgIpc) is 2.32. The topological polar surface area (TPSA) is 61.0 Å². The van der Waals surface area contributed by atoms with Crippen LogP contribution < -0.4 is 10.5 Å². The van der Waals surface area contributed by atoms with Gasteiger partial charge in [-0.1, -0.05) is 18.2 Å². The Hall–Kier alpha value is -2.17. The van der Waals surface area contributed by atoms with Crippen molar-refractivity contribution in [1.82, 2.24) is 9.97 Å². The first-order chi connectivity index (χ1) is 8.16. The van der Waals surface area contributed by atoms with E-state index in [2.05, 4.69) is 9.97 Å². The van der Waals surface area contributed by atoms with Gasteiger partial charge in [0.1, 0.15) is 12.4 Å². The number of hydrogen-bond acceptors (Lipinski definition) is 4. The van der Waals surface area contributed by atoms with E-state index in [4.69, 9.17) is 10.5 Å². The predicted octanol–water partition coefficient (Wildman–Crippen LogP) is 2.09. The van der Waals surface area contributed by atoms with E-state index >= 15 is 0 Å². The van der Waals surface area contributed by atoms with Crippen LogP contribution >= 0.6 is 0 Å². The summed E-state index contributed by atoms with van der Waals surface area (Å²) in [6, 6.07) is 6.44. The Morgan fingerprint density at radius 3 is 2.88 bits per heavy atom. The summed E-state index contributed by atoms with van der Waals surface area (Å²) in [6.07, 6.45) is 1.57. The van der Waals surface area contributed by atoms with Crippen LogP contribution in [0.3, 0.4) is 0 Å². The lowest BCUT2D eigenvalue weighted by atomic mass is 10.2. The number of hydrogen-bond donors (Lipinski definition) is 1. The van der Waals surface area contributed by atoms with Gasteiger partial charge in [-0.2, -0.15) is 4.98 Å². The smallest absolute Gasteiger partial charge is 0.223 e. The van der Waals surface area contributed by atoms with Gasteiger partial charge in [-0.05, 0) is 13.0 Å². The van der Waals surface area contributed by atoms with Crippen molar-refractivity contribution in [3.05, 3.63) is 47.4 Å². The number of rotatable bonds is 3. The second-order valence-corrected chi connectivity index (χ2v) is 3.60. The molecule has 2 rings (SSSR count). The van der Waals surface area contributed by atoms with Crippen LogP contribution in [0.25, 0.3) is 0 Å². The van der Waals surface area contributed by atoms with Crippen molar-refractivity contribution in [2.45, 2.75) is 13.5 Å². The number of halogens is 1. The largest absolute Gasteiger partial charge is 0.472 e. The number of nitrogens with zero attached hydrogens (tertiary/aromatic N) is 2. The van der Waals surface area contributed by atoms with E-state index in [0.29, 0.717) is 11.4 Å². The van der Waals surface area contributed by atoms with Gasteiger partial charge in [0, 0.05) is 17.3 Å². The molecule has 0 radical (unpaired) electrons. The van der Waals surface area contributed by atoms with Gasteiger partial charge in [0.05, 0.1) is 0 Å². The normalized spacial score (nSPS) is 10.2. The molecule has 0 amide bonds. The van der Waals surface area contributed by atoms with E-state index in [1.54, 1.807) is 31.3 Å². The molecule has 1 heterocycles. The van der Waals surface area contributed by atoms with Crippen LogP contribution in [0.4, 0.5) is 10.3 Å². The number of aryl methyl sites for hydroxylation is 1. The first kappa shape index (κ1) is 11.3. The Bertz CT molecular complexity index is 531. The molecule has 1 aromatic carbocycles. The molecule has 0 atom stereocenters. The van der Waals surface area contributed by atoms with Crippen LogP contribution in [0, 0.1) is 12.7 Å². The van der Waals surface area contributed by atoms with Crippen LogP contribution in [-0.4, -0.2) is 9.97 Å². The summed E-state index contributed by atoms with van der Waals surface area (Å²) in [4.78, 5) is 7.76. The van der Waals surface area contributed by atoms with E-state index in [1.165, 1.54) is 6.07 Å². The highest BCUT2D eigenvalue weighted by molar-refractivity contribution is 5.29. The summed E-state index contributed by atoms with van der Waals surface area (Å²) in [5.74, 6) is 0.215. The van der Waals surface area contributed by atoms with Crippen molar-refractivity contribution in [3.63, 3.8) is 0 Å². The Morgan fingerprint density at radius 1 is 1.35 bits per heavy atom. The lowest BCUT2D eigenvalue weighted by Crippen LogP contribution is -2.04. The van der Waals surface area contributed by atoms with E-state index in [1.807, 2.05) is 0 Å². The highest BCUT2D eigenvalue weighted by atomic mass is 19.1. The van der Waals surface area contributed by atoms with E-state index < -0.39 is 0 Å². The number of benzene rings is 1. The van der Waals surface area contributed by atoms with E-state index in [0.717, 1.165) is 5.56 Å². The molecule has 5 heteroatoms. The number of aromatic nitrogens is 2. The third kappa shape index (κ3) is 2.69. The quantitative estimate of drug-likeness (QED) is 0.881. The molecule has 0 saturated heterocycles. The Balaban J connectivity index is 2.12. The maximum Gasteiger partial charge on any atom is 0.223 e. The molecular formula is C12H12FN3O. The number of ether oxygens (including phenoxy) is 1. The summed E-state index contributed by atoms with van der Waals surface area (Å²) in [7, 11) is 0. The Morgan fingerprint density at radius 2 is 2.12 bits per heavy atom. The van der Waals surface area contributed by atoms with E-state index in [9.17, 15) is 4.39 Å². The van der Waals surface area contributed by atoms with Crippen molar-refractivity contribution >= 4 is 5.95 Å². The van der Waals surface area contributed by atoms with Crippen molar-refractivity contribution < 1.29 is 9.13 Å². The van der Waals surface area contributed by atoms with Crippen molar-refractivity contribution in [3.8, 4) is 5.88 Å². The van der Waals surface area contributed by atoms with Crippen LogP contribution in [0.2, 0.25) is 0 Å². The summed E-state index contributed by atoms with van der Waals surface area (Å²) in [5.41, 5.74) is 6.69. The summed E-state index contributed by atoms with van der Waals surface area (Å²) in [6.45, 7) is 1.92. The number of nitrogen functional groups attached to an aromatic ring is 1. The molecule has 0 saturated carbocycles. The maximum atomic E-state index is 13.3. The van der Waals surface area contributed by atoms with Crippen LogP contribution in [0.1, 0.15) is 11.1 Å². The van der Waals surface area contributed by atoms with Crippen molar-refractivity contribution in [2.24, 2.45) is 0 Å². The van der Waals surface area contributed by atoms with Gasteiger partial charge in [-0.3, -0.25) is 0 Å². The minimum absolute atomic E-state index is 0.115. The molecule has 0 aliphatic carbocycles. The lowest BCUT2D eigenvalue weighted by Gasteiger charge is -2.08. The molecule has 4 nitrogen and oxygen atoms in total. The van der Waals surface area contributed by atoms with Gasteiger partial charge in [0.25, 0.3) is 0 Å². The third-order valence-corrected chi connectivity index (χ3v) is 2.27. The standard InChI is InChI=1S/C12H12FN3O/c1-8-6-15-12(14)16-11(8)17-7-9-4-2-3-5-10(9)13/h2-6H,7H2,1H3,(H2,14,15,16). The first-order valence-electron chi connectivity index (χ1n) is 5.12. The summed E-state index contributed by atoms with van der Waals surface area (Å²) < 4.78 is 18.7. The molecule has 2 aromatic rings. The monoisotopic (exact) mass is 233 g/mol. The molecule has 0 bridgehead atoms. The summed E-state index contributed by atoms with van der Waals surface area (Å²) >= 11 is 0. The highest BCUT2D eigenvalue weighted by Gasteiger charge is 2.05. The first-order valence-corrected chi connectivity index (χ1v) is 5.12. The fraction of sp³-hybridized carbons (Fsp3) is 0.167. The zero-order valence-electron chi connectivity index (χ0n) is 9.35. The minimum Gasteiger partial charge on any atom is -0.472 e. The van der Waals surface area contributed by atoms with Crippen LogP contribution in [0.5, 0.6) is 5.88 Å². The summed E-state index contributed by atoms with van der Waals surface area (Å²) in [5, 5.41) is 0. The third-order valence-electron chi connectivity index (χ3n) is 2.27. The molecule has 0 aliphatic heterocycles. The van der Waals surface area contributed by atoms with Gasteiger partial charge in [0.15, 0.2) is 0 Å². The minimum atomic E-state index is -0.299. The fourth-order valence-electron chi connectivity index (χ4n) is 1.35. The molecule has 0 unspecified atom stereocenters. The van der Waals surface area contributed by atoms with Crippen molar-refractivity contribution in [2.75, 3.05) is 5.73 Å². The van der Waals surface area contributed by atoms with Gasteiger partial charge in [0.2, 0.25) is 11.8 Å². The molecule has 17 heavy (non-hydrogen) atoms. The van der Waals surface area contributed by atoms with Gasteiger partial charge >= 0.3 is 0 Å². The Kier molecular flexibility index (Phi) is 3.18. The molecule has 2 N–H and O–H groups in total. The number of anilines is 1. The molecule has 0 aliphatic rings. The van der Waals surface area contributed by atoms with Gasteiger partial charge in [-0.15, -0.1) is 0 Å². The zero-order chi connectivity index (χ0) is 12.3. The molecule has 1 aromatic heterocycles. The maximum absolute atomic E-state index is 13.3. The predicted molar refractivity (Wildman–Crippen MR) is 61.9 cm³/mol.